The van der Waals surface area contributed by atoms with Crippen LogP contribution in [0.15, 0.2) is 16.3 Å². The second-order valence-electron chi connectivity index (χ2n) is 6.63. The first-order chi connectivity index (χ1) is 14.9. The molecule has 0 spiro atoms. The van der Waals surface area contributed by atoms with Crippen LogP contribution in [0, 0.1) is 0 Å². The van der Waals surface area contributed by atoms with Crippen LogP contribution in [0.2, 0.25) is 0 Å². The van der Waals surface area contributed by atoms with E-state index in [4.69, 9.17) is 19.8 Å². The molecule has 11 nitrogen and oxygen atoms in total. The van der Waals surface area contributed by atoms with Crippen molar-refractivity contribution in [3.05, 3.63) is 11.8 Å². The van der Waals surface area contributed by atoms with Gasteiger partial charge in [0, 0.05) is 25.9 Å². The van der Waals surface area contributed by atoms with E-state index in [-0.39, 0.29) is 0 Å². The number of rotatable bonds is 9. The second-order valence-corrected chi connectivity index (χ2v) is 9.30. The van der Waals surface area contributed by atoms with Crippen LogP contribution < -0.4 is 0 Å². The van der Waals surface area contributed by atoms with Crippen LogP contribution in [-0.2, 0) is 16.6 Å². The summed E-state index contributed by atoms with van der Waals surface area (Å²) in [5.41, 5.74) is 2.44. The Labute approximate surface area is 192 Å². The molecule has 1 aliphatic heterocycles. The molecule has 31 heavy (non-hydrogen) atoms. The van der Waals surface area contributed by atoms with E-state index in [1.165, 1.54) is 36.6 Å². The van der Waals surface area contributed by atoms with Crippen molar-refractivity contribution in [3.63, 3.8) is 0 Å². The van der Waals surface area contributed by atoms with Crippen LogP contribution in [0.25, 0.3) is 5.57 Å². The van der Waals surface area contributed by atoms with Crippen molar-refractivity contribution in [2.24, 2.45) is 7.05 Å². The topological polar surface area (TPSA) is 147 Å². The maximum Gasteiger partial charge on any atom is 0.414 e. The normalized spacial score (nSPS) is 13.9. The van der Waals surface area contributed by atoms with Crippen molar-refractivity contribution >= 4 is 52.8 Å². The summed E-state index contributed by atoms with van der Waals surface area (Å²) in [5, 5.41) is 28.2. The quantitative estimate of drug-likeness (QED) is 0.303. The highest BCUT2D eigenvalue weighted by molar-refractivity contribution is 7.99. The molecule has 0 saturated carbocycles. The molecule has 2 aromatic heterocycles. The van der Waals surface area contributed by atoms with Crippen molar-refractivity contribution in [2.75, 3.05) is 31.6 Å². The number of carboxylic acids is 2. The molecule has 0 aliphatic carbocycles. The van der Waals surface area contributed by atoms with Gasteiger partial charge in [0.1, 0.15) is 10.7 Å². The van der Waals surface area contributed by atoms with Gasteiger partial charge in [-0.1, -0.05) is 24.3 Å². The van der Waals surface area contributed by atoms with Crippen molar-refractivity contribution in [1.82, 2.24) is 33.9 Å². The lowest BCUT2D eigenvalue weighted by Gasteiger charge is -2.22. The summed E-state index contributed by atoms with van der Waals surface area (Å²) in [5.74, 6) is -1.50. The minimum absolute atomic E-state index is 0.887. The summed E-state index contributed by atoms with van der Waals surface area (Å²) in [6.07, 6.45) is 7.00. The molecule has 0 radical (unpaired) electrons. The molecular formula is C17H25N7O4S3. The molecule has 0 amide bonds. The zero-order valence-corrected chi connectivity index (χ0v) is 19.7. The fraction of sp³-hybridized carbons (Fsp3) is 0.588. The molecule has 2 N–H and O–H groups in total. The summed E-state index contributed by atoms with van der Waals surface area (Å²) in [4.78, 5) is 20.5. The Hall–Kier alpha value is -2.03. The van der Waals surface area contributed by atoms with Crippen molar-refractivity contribution in [3.8, 4) is 0 Å². The highest BCUT2D eigenvalue weighted by Gasteiger charge is 2.17. The van der Waals surface area contributed by atoms with Crippen molar-refractivity contribution < 1.29 is 19.8 Å². The third-order valence-corrected chi connectivity index (χ3v) is 6.92. The van der Waals surface area contributed by atoms with E-state index >= 15 is 0 Å². The van der Waals surface area contributed by atoms with E-state index < -0.39 is 11.9 Å². The van der Waals surface area contributed by atoms with Gasteiger partial charge in [-0.3, -0.25) is 0 Å². The Morgan fingerprint density at radius 1 is 1.10 bits per heavy atom. The fourth-order valence-electron chi connectivity index (χ4n) is 2.59. The number of aryl methyl sites for hydroxylation is 1. The number of hydrogen-bond donors (Lipinski definition) is 2. The number of hydrogen-bond acceptors (Lipinski definition) is 11. The number of tetrazole rings is 1. The lowest BCUT2D eigenvalue weighted by atomic mass is 10.1. The lowest BCUT2D eigenvalue weighted by Crippen LogP contribution is -2.25. The molecule has 3 rings (SSSR count). The van der Waals surface area contributed by atoms with Gasteiger partial charge in [0.05, 0.1) is 11.7 Å². The van der Waals surface area contributed by atoms with Crippen LogP contribution in [0.1, 0.15) is 31.4 Å². The fourth-order valence-corrected chi connectivity index (χ4v) is 5.15. The Morgan fingerprint density at radius 3 is 2.42 bits per heavy atom. The minimum Gasteiger partial charge on any atom is -0.473 e. The maximum atomic E-state index is 9.10. The Kier molecular flexibility index (Phi) is 10.9. The number of aromatic nitrogens is 6. The van der Waals surface area contributed by atoms with Gasteiger partial charge < -0.3 is 15.1 Å². The molecule has 0 unspecified atom stereocenters. The number of nitrogens with zero attached hydrogens (tertiary/aromatic N) is 7. The van der Waals surface area contributed by atoms with Gasteiger partial charge in [0.15, 0.2) is 0 Å². The van der Waals surface area contributed by atoms with E-state index in [0.29, 0.717) is 0 Å². The number of thioether (sulfide) groups is 2. The SMILES string of the molecule is CN1CCC=C(c2nsnc2SCCCCCSc2nnnn2C)C1.O=C(O)C(=O)O. The van der Waals surface area contributed by atoms with Gasteiger partial charge >= 0.3 is 11.9 Å². The second kappa shape index (κ2) is 13.4. The third-order valence-electron chi connectivity index (χ3n) is 4.13. The van der Waals surface area contributed by atoms with Gasteiger partial charge in [-0.05, 0) is 48.1 Å². The molecule has 14 heteroatoms. The van der Waals surface area contributed by atoms with Gasteiger partial charge in [-0.25, -0.2) is 14.3 Å². The number of aliphatic carboxylic acids is 2. The Bertz CT molecular complexity index is 875. The molecule has 3 heterocycles. The first-order valence-corrected chi connectivity index (χ1v) is 12.2. The van der Waals surface area contributed by atoms with Crippen molar-refractivity contribution in [1.29, 1.82) is 0 Å². The summed E-state index contributed by atoms with van der Waals surface area (Å²) >= 11 is 4.89. The van der Waals surface area contributed by atoms with Gasteiger partial charge in [-0.15, -0.1) is 16.9 Å². The van der Waals surface area contributed by atoms with Crippen LogP contribution >= 0.6 is 35.3 Å². The number of likely N-dealkylation sites (N-methyl/N-ethyl adjacent to an activating group) is 1. The zero-order valence-electron chi connectivity index (χ0n) is 17.3. The van der Waals surface area contributed by atoms with E-state index in [1.54, 1.807) is 16.4 Å². The van der Waals surface area contributed by atoms with Crippen LogP contribution in [0.5, 0.6) is 0 Å². The monoisotopic (exact) mass is 487 g/mol. The largest absolute Gasteiger partial charge is 0.473 e. The maximum absolute atomic E-state index is 9.10. The minimum atomic E-state index is -1.82. The van der Waals surface area contributed by atoms with E-state index in [0.717, 1.165) is 46.9 Å². The number of carbonyl (C=O) groups is 2. The summed E-state index contributed by atoms with van der Waals surface area (Å²) in [7, 11) is 4.03. The Balaban J connectivity index is 0.000000501. The van der Waals surface area contributed by atoms with Crippen LogP contribution in [0.4, 0.5) is 0 Å². The molecule has 0 atom stereocenters. The van der Waals surface area contributed by atoms with Crippen LogP contribution in [-0.4, -0.2) is 87.6 Å². The molecule has 0 bridgehead atoms. The summed E-state index contributed by atoms with van der Waals surface area (Å²) < 4.78 is 10.7. The molecular weight excluding hydrogens is 462 g/mol. The molecule has 0 saturated heterocycles. The Morgan fingerprint density at radius 2 is 1.81 bits per heavy atom. The summed E-state index contributed by atoms with van der Waals surface area (Å²) in [6.45, 7) is 2.11. The van der Waals surface area contributed by atoms with E-state index in [2.05, 4.69) is 42.3 Å². The predicted octanol–water partition coefficient (Wildman–Crippen LogP) is 1.99. The summed E-state index contributed by atoms with van der Waals surface area (Å²) in [6, 6.07) is 0. The highest BCUT2D eigenvalue weighted by Crippen LogP contribution is 2.29. The third kappa shape index (κ3) is 8.93. The first-order valence-electron chi connectivity index (χ1n) is 9.53. The van der Waals surface area contributed by atoms with E-state index in [9.17, 15) is 0 Å². The zero-order chi connectivity index (χ0) is 22.6. The van der Waals surface area contributed by atoms with Crippen LogP contribution in [0.3, 0.4) is 0 Å². The van der Waals surface area contributed by atoms with E-state index in [1.807, 2.05) is 18.8 Å². The van der Waals surface area contributed by atoms with Gasteiger partial charge in [-0.2, -0.15) is 8.75 Å². The molecule has 0 fully saturated rings. The van der Waals surface area contributed by atoms with Crippen molar-refractivity contribution in [2.45, 2.75) is 35.9 Å². The average Bonchev–Trinajstić information content (AvgIpc) is 3.36. The first kappa shape index (κ1) is 25.2. The van der Waals surface area contributed by atoms with Gasteiger partial charge in [0.25, 0.3) is 0 Å². The highest BCUT2D eigenvalue weighted by atomic mass is 32.2. The predicted molar refractivity (Wildman–Crippen MR) is 119 cm³/mol. The standard InChI is InChI=1S/C15H23N7S3.C2H2O4/c1-21-8-6-7-12(11-21)13-14(18-25-17-13)23-9-4-3-5-10-24-15-16-19-20-22(15)2;3-1(4)2(5)6/h7H,3-6,8-11H2,1-2H3;(H,3,4)(H,5,6). The lowest BCUT2D eigenvalue weighted by molar-refractivity contribution is -0.159. The smallest absolute Gasteiger partial charge is 0.414 e. The number of carboxylic acid groups (broad SMARTS) is 2. The molecule has 1 aliphatic rings. The van der Waals surface area contributed by atoms with Gasteiger partial charge in [0.2, 0.25) is 5.16 Å². The molecule has 0 aromatic carbocycles. The number of unbranched alkanes of at least 4 members (excludes halogenated alkanes) is 2. The molecule has 170 valence electrons. The molecule has 2 aromatic rings. The average molecular weight is 488 g/mol.